The van der Waals surface area contributed by atoms with Gasteiger partial charge in [-0.05, 0) is 40.0 Å². The molecular formula is C14H26N6O. The number of hydrogen-bond donors (Lipinski definition) is 2. The predicted octanol–water partition coefficient (Wildman–Crippen LogP) is 0.0899. The van der Waals surface area contributed by atoms with Gasteiger partial charge in [-0.15, -0.1) is 0 Å². The number of carbonyl (C=O) groups excluding carboxylic acids is 1. The van der Waals surface area contributed by atoms with Crippen LogP contribution in [0.2, 0.25) is 0 Å². The van der Waals surface area contributed by atoms with Crippen LogP contribution in [0.15, 0.2) is 6.07 Å². The van der Waals surface area contributed by atoms with Crippen molar-refractivity contribution in [2.75, 3.05) is 53.1 Å². The van der Waals surface area contributed by atoms with Crippen LogP contribution in [-0.2, 0) is 0 Å². The molecule has 21 heavy (non-hydrogen) atoms. The summed E-state index contributed by atoms with van der Waals surface area (Å²) in [6.45, 7) is 3.87. The molecule has 0 radical (unpaired) electrons. The average Bonchev–Trinajstić information content (AvgIpc) is 2.91. The standard InChI is InChI=1S/C14H26N6O/c1-18-6-4-11(5-7-18)19(2)8-9-20(3)14(21)12-10-13(15)17-16-12/h10-11H,4-9H2,1-3H3,(H3,15,16,17). The number of anilines is 1. The van der Waals surface area contributed by atoms with E-state index in [-0.39, 0.29) is 5.91 Å². The molecule has 0 aliphatic carbocycles. The highest BCUT2D eigenvalue weighted by Crippen LogP contribution is 2.14. The average molecular weight is 294 g/mol. The molecule has 1 saturated heterocycles. The summed E-state index contributed by atoms with van der Waals surface area (Å²) in [5.74, 6) is 0.270. The quantitative estimate of drug-likeness (QED) is 0.804. The van der Waals surface area contributed by atoms with Crippen molar-refractivity contribution in [1.82, 2.24) is 24.9 Å². The van der Waals surface area contributed by atoms with E-state index in [4.69, 9.17) is 5.73 Å². The van der Waals surface area contributed by atoms with Gasteiger partial charge in [0.25, 0.3) is 5.91 Å². The first-order valence-corrected chi connectivity index (χ1v) is 7.42. The second-order valence-corrected chi connectivity index (χ2v) is 5.95. The molecule has 2 rings (SSSR count). The van der Waals surface area contributed by atoms with Gasteiger partial charge in [0.2, 0.25) is 0 Å². The van der Waals surface area contributed by atoms with Crippen molar-refractivity contribution in [2.24, 2.45) is 0 Å². The van der Waals surface area contributed by atoms with Crippen molar-refractivity contribution in [3.8, 4) is 0 Å². The number of likely N-dealkylation sites (N-methyl/N-ethyl adjacent to an activating group) is 2. The molecule has 1 aromatic rings. The van der Waals surface area contributed by atoms with Crippen LogP contribution in [0.25, 0.3) is 0 Å². The highest BCUT2D eigenvalue weighted by molar-refractivity contribution is 5.92. The van der Waals surface area contributed by atoms with Gasteiger partial charge in [-0.2, -0.15) is 5.10 Å². The van der Waals surface area contributed by atoms with E-state index in [2.05, 4.69) is 34.1 Å². The van der Waals surface area contributed by atoms with Crippen LogP contribution in [0, 0.1) is 0 Å². The second-order valence-electron chi connectivity index (χ2n) is 5.95. The Bertz CT molecular complexity index is 466. The number of rotatable bonds is 5. The zero-order valence-corrected chi connectivity index (χ0v) is 13.2. The highest BCUT2D eigenvalue weighted by atomic mass is 16.2. The van der Waals surface area contributed by atoms with Crippen LogP contribution >= 0.6 is 0 Å². The molecule has 1 aliphatic heterocycles. The Balaban J connectivity index is 1.78. The molecule has 0 aromatic carbocycles. The summed E-state index contributed by atoms with van der Waals surface area (Å²) in [7, 11) is 6.11. The third kappa shape index (κ3) is 4.18. The molecule has 7 heteroatoms. The minimum absolute atomic E-state index is 0.0732. The van der Waals surface area contributed by atoms with Crippen molar-refractivity contribution >= 4 is 11.7 Å². The van der Waals surface area contributed by atoms with Crippen molar-refractivity contribution in [3.05, 3.63) is 11.8 Å². The van der Waals surface area contributed by atoms with Gasteiger partial charge in [-0.3, -0.25) is 9.89 Å². The molecule has 1 fully saturated rings. The van der Waals surface area contributed by atoms with Crippen LogP contribution in [0.4, 0.5) is 5.82 Å². The molecule has 1 aliphatic rings. The molecular weight excluding hydrogens is 268 g/mol. The van der Waals surface area contributed by atoms with Gasteiger partial charge in [0, 0.05) is 32.2 Å². The Hall–Kier alpha value is -1.60. The lowest BCUT2D eigenvalue weighted by Crippen LogP contribution is -2.44. The van der Waals surface area contributed by atoms with E-state index in [9.17, 15) is 4.79 Å². The first-order chi connectivity index (χ1) is 9.97. The zero-order valence-electron chi connectivity index (χ0n) is 13.2. The van der Waals surface area contributed by atoms with Gasteiger partial charge >= 0.3 is 0 Å². The van der Waals surface area contributed by atoms with Crippen molar-refractivity contribution in [3.63, 3.8) is 0 Å². The SMILES string of the molecule is CN1CCC(N(C)CCN(C)C(=O)c2cc(N)n[nH]2)CC1. The minimum atomic E-state index is -0.0732. The van der Waals surface area contributed by atoms with Crippen LogP contribution in [0.3, 0.4) is 0 Å². The number of H-pyrrole nitrogens is 1. The minimum Gasteiger partial charge on any atom is -0.382 e. The largest absolute Gasteiger partial charge is 0.382 e. The number of amides is 1. The topological polar surface area (TPSA) is 81.5 Å². The summed E-state index contributed by atoms with van der Waals surface area (Å²) in [5.41, 5.74) is 5.96. The zero-order chi connectivity index (χ0) is 15.4. The Morgan fingerprint density at radius 2 is 2.10 bits per heavy atom. The molecule has 0 unspecified atom stereocenters. The van der Waals surface area contributed by atoms with Crippen molar-refractivity contribution in [1.29, 1.82) is 0 Å². The summed E-state index contributed by atoms with van der Waals surface area (Å²) in [6.07, 6.45) is 2.39. The fourth-order valence-corrected chi connectivity index (χ4v) is 2.68. The van der Waals surface area contributed by atoms with E-state index in [0.717, 1.165) is 19.6 Å². The molecule has 118 valence electrons. The number of nitrogens with two attached hydrogens (primary N) is 1. The van der Waals surface area contributed by atoms with E-state index < -0.39 is 0 Å². The van der Waals surface area contributed by atoms with Crippen molar-refractivity contribution in [2.45, 2.75) is 18.9 Å². The summed E-state index contributed by atoms with van der Waals surface area (Å²) in [4.78, 5) is 18.6. The van der Waals surface area contributed by atoms with Crippen LogP contribution in [0.1, 0.15) is 23.3 Å². The number of hydrogen-bond acceptors (Lipinski definition) is 5. The molecule has 1 aromatic heterocycles. The number of likely N-dealkylation sites (tertiary alicyclic amines) is 1. The predicted molar refractivity (Wildman–Crippen MR) is 83.1 cm³/mol. The van der Waals surface area contributed by atoms with Gasteiger partial charge in [-0.1, -0.05) is 0 Å². The maximum Gasteiger partial charge on any atom is 0.271 e. The lowest BCUT2D eigenvalue weighted by Gasteiger charge is -2.35. The van der Waals surface area contributed by atoms with Crippen LogP contribution in [-0.4, -0.2) is 84.2 Å². The number of aromatic amines is 1. The lowest BCUT2D eigenvalue weighted by molar-refractivity contribution is 0.0753. The van der Waals surface area contributed by atoms with Crippen LogP contribution < -0.4 is 5.73 Å². The summed E-state index contributed by atoms with van der Waals surface area (Å²) < 4.78 is 0. The van der Waals surface area contributed by atoms with Gasteiger partial charge in [0.1, 0.15) is 11.5 Å². The molecule has 1 amide bonds. The maximum absolute atomic E-state index is 12.2. The summed E-state index contributed by atoms with van der Waals surface area (Å²) >= 11 is 0. The first-order valence-electron chi connectivity index (χ1n) is 7.42. The molecule has 0 bridgehead atoms. The normalized spacial score (nSPS) is 17.3. The Morgan fingerprint density at radius 3 is 2.67 bits per heavy atom. The van der Waals surface area contributed by atoms with E-state index in [1.54, 1.807) is 11.0 Å². The molecule has 0 spiro atoms. The molecule has 0 saturated carbocycles. The third-order valence-electron chi connectivity index (χ3n) is 4.27. The summed E-state index contributed by atoms with van der Waals surface area (Å²) in [6, 6.07) is 2.19. The molecule has 0 atom stereocenters. The second kappa shape index (κ2) is 6.91. The third-order valence-corrected chi connectivity index (χ3v) is 4.27. The van der Waals surface area contributed by atoms with E-state index in [1.807, 2.05) is 7.05 Å². The van der Waals surface area contributed by atoms with E-state index in [0.29, 0.717) is 24.1 Å². The summed E-state index contributed by atoms with van der Waals surface area (Å²) in [5, 5.41) is 6.44. The lowest BCUT2D eigenvalue weighted by atomic mass is 10.0. The fourth-order valence-electron chi connectivity index (χ4n) is 2.68. The number of nitrogen functional groups attached to an aromatic ring is 1. The number of carbonyl (C=O) groups is 1. The van der Waals surface area contributed by atoms with Gasteiger partial charge in [-0.25, -0.2) is 0 Å². The van der Waals surface area contributed by atoms with Crippen molar-refractivity contribution < 1.29 is 4.79 Å². The number of nitrogens with zero attached hydrogens (tertiary/aromatic N) is 4. The maximum atomic E-state index is 12.2. The van der Waals surface area contributed by atoms with Gasteiger partial charge in [0.05, 0.1) is 0 Å². The fraction of sp³-hybridized carbons (Fsp3) is 0.714. The smallest absolute Gasteiger partial charge is 0.271 e. The highest BCUT2D eigenvalue weighted by Gasteiger charge is 2.21. The first kappa shape index (κ1) is 15.8. The van der Waals surface area contributed by atoms with Gasteiger partial charge < -0.3 is 20.4 Å². The molecule has 2 heterocycles. The number of aromatic nitrogens is 2. The molecule has 7 nitrogen and oxygen atoms in total. The monoisotopic (exact) mass is 294 g/mol. The Kier molecular flexibility index (Phi) is 5.19. The Labute approximate surface area is 126 Å². The van der Waals surface area contributed by atoms with Crippen LogP contribution in [0.5, 0.6) is 0 Å². The van der Waals surface area contributed by atoms with E-state index in [1.165, 1.54) is 12.8 Å². The Morgan fingerprint density at radius 1 is 1.43 bits per heavy atom. The van der Waals surface area contributed by atoms with E-state index >= 15 is 0 Å². The van der Waals surface area contributed by atoms with Gasteiger partial charge in [0.15, 0.2) is 0 Å². The molecule has 3 N–H and O–H groups in total. The number of piperidine rings is 1. The number of nitrogens with one attached hydrogen (secondary N) is 1.